The highest BCUT2D eigenvalue weighted by Gasteiger charge is 2.30. The normalized spacial score (nSPS) is 19.9. The number of fused-ring (bicyclic) bond motifs is 1. The summed E-state index contributed by atoms with van der Waals surface area (Å²) in [6.45, 7) is 6.57. The molecule has 0 saturated carbocycles. The van der Waals surface area contributed by atoms with Gasteiger partial charge in [0, 0.05) is 12.6 Å². The van der Waals surface area contributed by atoms with Crippen LogP contribution in [-0.2, 0) is 11.2 Å². The second-order valence-electron chi connectivity index (χ2n) is 5.23. The van der Waals surface area contributed by atoms with E-state index in [4.69, 9.17) is 10.5 Å². The topological polar surface area (TPSA) is 55.6 Å². The van der Waals surface area contributed by atoms with E-state index in [2.05, 4.69) is 6.92 Å². The number of nitrogens with two attached hydrogens (primary N) is 1. The fourth-order valence-corrected chi connectivity index (χ4v) is 2.41. The van der Waals surface area contributed by atoms with Crippen molar-refractivity contribution in [2.24, 2.45) is 5.73 Å². The molecule has 2 unspecified atom stereocenters. The Balaban J connectivity index is 2.36. The first-order valence-electron chi connectivity index (χ1n) is 6.89. The molecular formula is C15H22N2O2. The summed E-state index contributed by atoms with van der Waals surface area (Å²) >= 11 is 0. The predicted octanol–water partition coefficient (Wildman–Crippen LogP) is 2.10. The molecule has 104 valence electrons. The van der Waals surface area contributed by atoms with Crippen molar-refractivity contribution in [3.63, 3.8) is 0 Å². The maximum Gasteiger partial charge on any atom is 0.267 e. The molecule has 0 spiro atoms. The smallest absolute Gasteiger partial charge is 0.267 e. The van der Waals surface area contributed by atoms with Crippen LogP contribution < -0.4 is 15.4 Å². The number of hydrogen-bond donors (Lipinski definition) is 1. The van der Waals surface area contributed by atoms with Crippen molar-refractivity contribution < 1.29 is 9.53 Å². The second-order valence-corrected chi connectivity index (χ2v) is 5.23. The molecule has 0 fully saturated rings. The third-order valence-electron chi connectivity index (χ3n) is 3.24. The quantitative estimate of drug-likeness (QED) is 0.904. The summed E-state index contributed by atoms with van der Waals surface area (Å²) in [6, 6.07) is 6.10. The van der Waals surface area contributed by atoms with Gasteiger partial charge in [0.1, 0.15) is 5.75 Å². The van der Waals surface area contributed by atoms with Gasteiger partial charge < -0.3 is 15.4 Å². The average molecular weight is 262 g/mol. The van der Waals surface area contributed by atoms with Crippen LogP contribution in [0.1, 0.15) is 32.8 Å². The molecule has 2 atom stereocenters. The molecule has 0 bridgehead atoms. The summed E-state index contributed by atoms with van der Waals surface area (Å²) < 4.78 is 5.66. The first kappa shape index (κ1) is 13.9. The molecule has 2 rings (SSSR count). The molecule has 1 amide bonds. The Morgan fingerprint density at radius 3 is 2.84 bits per heavy atom. The van der Waals surface area contributed by atoms with Crippen molar-refractivity contribution in [2.75, 3.05) is 11.4 Å². The van der Waals surface area contributed by atoms with E-state index < -0.39 is 6.10 Å². The van der Waals surface area contributed by atoms with E-state index in [0.29, 0.717) is 0 Å². The largest absolute Gasteiger partial charge is 0.479 e. The molecule has 4 nitrogen and oxygen atoms in total. The number of nitrogens with zero attached hydrogens (tertiary/aromatic N) is 1. The highest BCUT2D eigenvalue weighted by atomic mass is 16.5. The highest BCUT2D eigenvalue weighted by molar-refractivity contribution is 5.99. The molecule has 1 aliphatic rings. The molecule has 1 heterocycles. The van der Waals surface area contributed by atoms with Gasteiger partial charge in [0.05, 0.1) is 5.69 Å². The van der Waals surface area contributed by atoms with Gasteiger partial charge in [0.25, 0.3) is 5.91 Å². The maximum absolute atomic E-state index is 12.2. The van der Waals surface area contributed by atoms with E-state index in [1.165, 1.54) is 0 Å². The Kier molecular flexibility index (Phi) is 4.10. The van der Waals surface area contributed by atoms with Crippen LogP contribution in [-0.4, -0.2) is 24.6 Å². The molecule has 19 heavy (non-hydrogen) atoms. The van der Waals surface area contributed by atoms with Crippen molar-refractivity contribution in [3.05, 3.63) is 23.8 Å². The average Bonchev–Trinajstić information content (AvgIpc) is 2.35. The Bertz CT molecular complexity index is 471. The van der Waals surface area contributed by atoms with Crippen molar-refractivity contribution in [1.29, 1.82) is 0 Å². The van der Waals surface area contributed by atoms with Crippen molar-refractivity contribution in [3.8, 4) is 5.75 Å². The number of carbonyl (C=O) groups is 1. The molecule has 4 heteroatoms. The summed E-state index contributed by atoms with van der Waals surface area (Å²) in [7, 11) is 0. The van der Waals surface area contributed by atoms with Gasteiger partial charge >= 0.3 is 0 Å². The number of ether oxygens (including phenoxy) is 1. The zero-order valence-electron chi connectivity index (χ0n) is 11.8. The summed E-state index contributed by atoms with van der Waals surface area (Å²) in [5.41, 5.74) is 7.85. The Morgan fingerprint density at radius 1 is 1.47 bits per heavy atom. The van der Waals surface area contributed by atoms with E-state index in [1.54, 1.807) is 6.92 Å². The number of rotatable bonds is 4. The monoisotopic (exact) mass is 262 g/mol. The van der Waals surface area contributed by atoms with Gasteiger partial charge in [0.2, 0.25) is 0 Å². The summed E-state index contributed by atoms with van der Waals surface area (Å²) in [6.07, 6.45) is 1.32. The molecule has 2 N–H and O–H groups in total. The predicted molar refractivity (Wildman–Crippen MR) is 76.5 cm³/mol. The lowest BCUT2D eigenvalue weighted by atomic mass is 10.0. The fraction of sp³-hybridized carbons (Fsp3) is 0.533. The van der Waals surface area contributed by atoms with Gasteiger partial charge in [-0.3, -0.25) is 4.79 Å². The minimum Gasteiger partial charge on any atom is -0.479 e. The minimum absolute atomic E-state index is 0.0345. The van der Waals surface area contributed by atoms with E-state index >= 15 is 0 Å². The van der Waals surface area contributed by atoms with Gasteiger partial charge in [-0.05, 0) is 44.4 Å². The molecule has 1 aliphatic heterocycles. The van der Waals surface area contributed by atoms with Crippen LogP contribution in [0.3, 0.4) is 0 Å². The molecular weight excluding hydrogens is 240 g/mol. The Morgan fingerprint density at radius 2 is 2.21 bits per heavy atom. The first-order valence-corrected chi connectivity index (χ1v) is 6.89. The molecule has 0 saturated heterocycles. The fourth-order valence-electron chi connectivity index (χ4n) is 2.41. The highest BCUT2D eigenvalue weighted by Crippen LogP contribution is 2.35. The first-order chi connectivity index (χ1) is 9.02. The van der Waals surface area contributed by atoms with Crippen LogP contribution in [0.2, 0.25) is 0 Å². The lowest BCUT2D eigenvalue weighted by Crippen LogP contribution is -2.44. The SMILES string of the molecule is CCCN1C(=O)C(C)Oc2ccc(CC(C)N)cc21. The Hall–Kier alpha value is -1.55. The number of amides is 1. The van der Waals surface area contributed by atoms with Gasteiger partial charge in [-0.15, -0.1) is 0 Å². The summed E-state index contributed by atoms with van der Waals surface area (Å²) in [5.74, 6) is 0.821. The maximum atomic E-state index is 12.2. The number of hydrogen-bond acceptors (Lipinski definition) is 3. The van der Waals surface area contributed by atoms with E-state index in [0.717, 1.165) is 36.4 Å². The van der Waals surface area contributed by atoms with Crippen molar-refractivity contribution in [2.45, 2.75) is 45.8 Å². The minimum atomic E-state index is -0.404. The Labute approximate surface area is 114 Å². The zero-order valence-corrected chi connectivity index (χ0v) is 11.8. The van der Waals surface area contributed by atoms with Crippen LogP contribution in [0, 0.1) is 0 Å². The van der Waals surface area contributed by atoms with E-state index in [9.17, 15) is 4.79 Å². The summed E-state index contributed by atoms with van der Waals surface area (Å²) in [5, 5.41) is 0. The number of carbonyl (C=O) groups excluding carboxylic acids is 1. The second kappa shape index (κ2) is 5.61. The van der Waals surface area contributed by atoms with Gasteiger partial charge in [-0.1, -0.05) is 13.0 Å². The van der Waals surface area contributed by atoms with Crippen LogP contribution in [0.4, 0.5) is 5.69 Å². The van der Waals surface area contributed by atoms with E-state index in [1.807, 2.05) is 30.0 Å². The third-order valence-corrected chi connectivity index (χ3v) is 3.24. The number of anilines is 1. The summed E-state index contributed by atoms with van der Waals surface area (Å²) in [4.78, 5) is 14.0. The van der Waals surface area contributed by atoms with Gasteiger partial charge in [-0.2, -0.15) is 0 Å². The molecule has 0 aromatic heterocycles. The zero-order chi connectivity index (χ0) is 14.0. The lowest BCUT2D eigenvalue weighted by Gasteiger charge is -2.33. The molecule has 1 aromatic rings. The lowest BCUT2D eigenvalue weighted by molar-refractivity contribution is -0.125. The van der Waals surface area contributed by atoms with Crippen LogP contribution >= 0.6 is 0 Å². The van der Waals surface area contributed by atoms with Crippen LogP contribution in [0.15, 0.2) is 18.2 Å². The standard InChI is InChI=1S/C15H22N2O2/c1-4-7-17-13-9-12(8-10(2)16)5-6-14(13)19-11(3)15(17)18/h5-6,9-11H,4,7-8,16H2,1-3H3. The number of benzene rings is 1. The van der Waals surface area contributed by atoms with Gasteiger partial charge in [-0.25, -0.2) is 0 Å². The van der Waals surface area contributed by atoms with E-state index in [-0.39, 0.29) is 11.9 Å². The van der Waals surface area contributed by atoms with Gasteiger partial charge in [0.15, 0.2) is 6.10 Å². The molecule has 1 aromatic carbocycles. The van der Waals surface area contributed by atoms with Crippen LogP contribution in [0.5, 0.6) is 5.75 Å². The van der Waals surface area contributed by atoms with Crippen molar-refractivity contribution >= 4 is 11.6 Å². The molecule has 0 aliphatic carbocycles. The van der Waals surface area contributed by atoms with Crippen molar-refractivity contribution in [1.82, 2.24) is 0 Å². The third kappa shape index (κ3) is 2.89. The molecule has 0 radical (unpaired) electrons. The van der Waals surface area contributed by atoms with Crippen LogP contribution in [0.25, 0.3) is 0 Å².